The van der Waals surface area contributed by atoms with Crippen molar-refractivity contribution in [2.75, 3.05) is 5.32 Å². The molecule has 1 amide bonds. The Hall–Kier alpha value is -2.88. The number of nitrogens with one attached hydrogen (secondary N) is 1. The van der Waals surface area contributed by atoms with Crippen molar-refractivity contribution < 1.29 is 4.79 Å². The summed E-state index contributed by atoms with van der Waals surface area (Å²) in [4.78, 5) is 16.3. The molecule has 0 radical (unpaired) electrons. The lowest BCUT2D eigenvalue weighted by Gasteiger charge is -2.08. The van der Waals surface area contributed by atoms with E-state index in [1.54, 1.807) is 12.5 Å². The summed E-state index contributed by atoms with van der Waals surface area (Å²) in [6.45, 7) is 0. The number of amides is 1. The summed E-state index contributed by atoms with van der Waals surface area (Å²) < 4.78 is 1.93. The number of fused-ring (bicyclic) bond motifs is 1. The predicted molar refractivity (Wildman–Crippen MR) is 94.4 cm³/mol. The molecule has 0 saturated carbocycles. The van der Waals surface area contributed by atoms with Crippen LogP contribution in [0, 0.1) is 0 Å². The van der Waals surface area contributed by atoms with Gasteiger partial charge >= 0.3 is 0 Å². The van der Waals surface area contributed by atoms with Crippen molar-refractivity contribution in [1.82, 2.24) is 9.55 Å². The quantitative estimate of drug-likeness (QED) is 0.800. The van der Waals surface area contributed by atoms with Crippen molar-refractivity contribution in [2.24, 2.45) is 0 Å². The second kappa shape index (κ2) is 6.32. The molecule has 4 rings (SSSR count). The fourth-order valence-electron chi connectivity index (χ4n) is 3.25. The first-order valence-corrected chi connectivity index (χ1v) is 8.27. The lowest BCUT2D eigenvalue weighted by Crippen LogP contribution is -2.14. The van der Waals surface area contributed by atoms with Crippen LogP contribution in [0.3, 0.4) is 0 Å². The average Bonchev–Trinajstić information content (AvgIpc) is 3.26. The van der Waals surface area contributed by atoms with Gasteiger partial charge in [0, 0.05) is 23.8 Å². The standard InChI is InChI=1S/C20H19N3O/c24-20(13-15-4-5-16-2-1-3-17(16)12-15)22-18-6-8-19(9-7-18)23-11-10-21-14-23/h4-12,14H,1-3,13H2,(H,22,24). The Morgan fingerprint density at radius 1 is 1.08 bits per heavy atom. The van der Waals surface area contributed by atoms with Crippen LogP contribution in [-0.4, -0.2) is 15.5 Å². The first kappa shape index (κ1) is 14.7. The van der Waals surface area contributed by atoms with E-state index in [0.717, 1.165) is 23.4 Å². The summed E-state index contributed by atoms with van der Waals surface area (Å²) in [7, 11) is 0. The molecule has 0 saturated heterocycles. The average molecular weight is 317 g/mol. The van der Waals surface area contributed by atoms with Crippen LogP contribution in [0.1, 0.15) is 23.1 Å². The molecule has 4 nitrogen and oxygen atoms in total. The van der Waals surface area contributed by atoms with Gasteiger partial charge in [0.25, 0.3) is 0 Å². The van der Waals surface area contributed by atoms with Crippen LogP contribution >= 0.6 is 0 Å². The van der Waals surface area contributed by atoms with Crippen molar-refractivity contribution >= 4 is 11.6 Å². The fourth-order valence-corrected chi connectivity index (χ4v) is 3.25. The highest BCUT2D eigenvalue weighted by atomic mass is 16.1. The van der Waals surface area contributed by atoms with E-state index in [-0.39, 0.29) is 5.91 Å². The van der Waals surface area contributed by atoms with Crippen molar-refractivity contribution in [3.8, 4) is 5.69 Å². The molecule has 0 unspecified atom stereocenters. The smallest absolute Gasteiger partial charge is 0.228 e. The molecule has 120 valence electrons. The van der Waals surface area contributed by atoms with Crippen LogP contribution in [0.25, 0.3) is 5.69 Å². The Morgan fingerprint density at radius 3 is 2.71 bits per heavy atom. The summed E-state index contributed by atoms with van der Waals surface area (Å²) in [6, 6.07) is 14.2. The topological polar surface area (TPSA) is 46.9 Å². The van der Waals surface area contributed by atoms with Gasteiger partial charge < -0.3 is 9.88 Å². The molecule has 0 spiro atoms. The molecule has 1 aliphatic rings. The zero-order valence-electron chi connectivity index (χ0n) is 13.4. The number of hydrogen-bond acceptors (Lipinski definition) is 2. The van der Waals surface area contributed by atoms with Crippen LogP contribution in [-0.2, 0) is 24.1 Å². The lowest BCUT2D eigenvalue weighted by molar-refractivity contribution is -0.115. The largest absolute Gasteiger partial charge is 0.326 e. The molecule has 2 aromatic carbocycles. The summed E-state index contributed by atoms with van der Waals surface area (Å²) in [5.41, 5.74) is 5.76. The first-order chi connectivity index (χ1) is 11.8. The van der Waals surface area contributed by atoms with Gasteiger partial charge in [-0.15, -0.1) is 0 Å². The van der Waals surface area contributed by atoms with Crippen molar-refractivity contribution in [2.45, 2.75) is 25.7 Å². The van der Waals surface area contributed by atoms with Gasteiger partial charge in [-0.3, -0.25) is 4.79 Å². The van der Waals surface area contributed by atoms with Crippen LogP contribution in [0.4, 0.5) is 5.69 Å². The lowest BCUT2D eigenvalue weighted by atomic mass is 10.0. The third kappa shape index (κ3) is 3.08. The summed E-state index contributed by atoms with van der Waals surface area (Å²) in [5, 5.41) is 2.97. The van der Waals surface area contributed by atoms with Gasteiger partial charge in [0.2, 0.25) is 5.91 Å². The normalized spacial score (nSPS) is 12.8. The Morgan fingerprint density at radius 2 is 1.92 bits per heavy atom. The predicted octanol–water partition coefficient (Wildman–Crippen LogP) is 3.54. The monoisotopic (exact) mass is 317 g/mol. The molecule has 0 aliphatic heterocycles. The summed E-state index contributed by atoms with van der Waals surface area (Å²) in [6.07, 6.45) is 9.34. The van der Waals surface area contributed by atoms with Gasteiger partial charge in [-0.1, -0.05) is 18.2 Å². The number of nitrogens with zero attached hydrogens (tertiary/aromatic N) is 2. The Kier molecular flexibility index (Phi) is 3.87. The molecular weight excluding hydrogens is 298 g/mol. The second-order valence-electron chi connectivity index (χ2n) is 6.20. The number of carbonyl (C=O) groups is 1. The zero-order chi connectivity index (χ0) is 16.4. The van der Waals surface area contributed by atoms with E-state index >= 15 is 0 Å². The molecule has 3 aromatic rings. The summed E-state index contributed by atoms with van der Waals surface area (Å²) in [5.74, 6) is 0.0170. The van der Waals surface area contributed by atoms with Crippen LogP contribution in [0.2, 0.25) is 0 Å². The van der Waals surface area contributed by atoms with E-state index in [9.17, 15) is 4.79 Å². The Bertz CT molecular complexity index is 851. The van der Waals surface area contributed by atoms with Gasteiger partial charge in [0.15, 0.2) is 0 Å². The third-order valence-corrected chi connectivity index (χ3v) is 4.48. The van der Waals surface area contributed by atoms with E-state index in [1.165, 1.54) is 24.0 Å². The molecule has 1 N–H and O–H groups in total. The number of aromatic nitrogens is 2. The van der Waals surface area contributed by atoms with Gasteiger partial charge in [-0.2, -0.15) is 0 Å². The zero-order valence-corrected chi connectivity index (χ0v) is 13.4. The first-order valence-electron chi connectivity index (χ1n) is 8.27. The van der Waals surface area contributed by atoms with E-state index < -0.39 is 0 Å². The third-order valence-electron chi connectivity index (χ3n) is 4.48. The highest BCUT2D eigenvalue weighted by Crippen LogP contribution is 2.23. The minimum Gasteiger partial charge on any atom is -0.326 e. The SMILES string of the molecule is O=C(Cc1ccc2c(c1)CCC2)Nc1ccc(-n2ccnc2)cc1. The van der Waals surface area contributed by atoms with Crippen molar-refractivity contribution in [3.63, 3.8) is 0 Å². The molecule has 24 heavy (non-hydrogen) atoms. The molecule has 4 heteroatoms. The van der Waals surface area contributed by atoms with E-state index in [0.29, 0.717) is 6.42 Å². The molecule has 1 aliphatic carbocycles. The van der Waals surface area contributed by atoms with Gasteiger partial charge in [-0.05, 0) is 60.2 Å². The molecule has 1 heterocycles. The molecular formula is C20H19N3O. The molecule has 0 bridgehead atoms. The maximum atomic E-state index is 12.3. The number of hydrogen-bond donors (Lipinski definition) is 1. The number of carbonyl (C=O) groups excluding carboxylic acids is 1. The van der Waals surface area contributed by atoms with E-state index in [1.807, 2.05) is 35.0 Å². The number of benzene rings is 2. The van der Waals surface area contributed by atoms with E-state index in [2.05, 4.69) is 28.5 Å². The number of anilines is 1. The number of rotatable bonds is 4. The van der Waals surface area contributed by atoms with Crippen LogP contribution < -0.4 is 5.32 Å². The Balaban J connectivity index is 1.41. The molecule has 0 fully saturated rings. The highest BCUT2D eigenvalue weighted by molar-refractivity contribution is 5.92. The fraction of sp³-hybridized carbons (Fsp3) is 0.200. The maximum Gasteiger partial charge on any atom is 0.228 e. The van der Waals surface area contributed by atoms with Crippen molar-refractivity contribution in [3.05, 3.63) is 77.9 Å². The number of imidazole rings is 1. The highest BCUT2D eigenvalue weighted by Gasteiger charge is 2.12. The van der Waals surface area contributed by atoms with Crippen LogP contribution in [0.15, 0.2) is 61.2 Å². The molecule has 0 atom stereocenters. The van der Waals surface area contributed by atoms with Gasteiger partial charge in [0.1, 0.15) is 0 Å². The Labute approximate surface area is 141 Å². The second-order valence-corrected chi connectivity index (χ2v) is 6.20. The van der Waals surface area contributed by atoms with Gasteiger partial charge in [-0.25, -0.2) is 4.98 Å². The molecule has 1 aromatic heterocycles. The minimum absolute atomic E-state index is 0.0170. The number of aryl methyl sites for hydroxylation is 2. The summed E-state index contributed by atoms with van der Waals surface area (Å²) >= 11 is 0. The van der Waals surface area contributed by atoms with Crippen LogP contribution in [0.5, 0.6) is 0 Å². The van der Waals surface area contributed by atoms with E-state index in [4.69, 9.17) is 0 Å². The minimum atomic E-state index is 0.0170. The van der Waals surface area contributed by atoms with Gasteiger partial charge in [0.05, 0.1) is 12.7 Å². The maximum absolute atomic E-state index is 12.3. The van der Waals surface area contributed by atoms with Crippen molar-refractivity contribution in [1.29, 1.82) is 0 Å².